The largest absolute Gasteiger partial charge is 1.00 e. The van der Waals surface area contributed by atoms with Gasteiger partial charge in [0, 0.05) is 10.8 Å². The molecule has 1 aromatic carbocycles. The SMILES string of the molecule is C[NH+](C)N=Nc1c(C(N)=O)noc1C(=O)c1ccccc1.[Cl-]. The maximum atomic E-state index is 12.4. The van der Waals surface area contributed by atoms with Gasteiger partial charge < -0.3 is 22.7 Å². The lowest BCUT2D eigenvalue weighted by molar-refractivity contribution is -0.870. The summed E-state index contributed by atoms with van der Waals surface area (Å²) in [5.41, 5.74) is 5.30. The summed E-state index contributed by atoms with van der Waals surface area (Å²) in [5, 5.41) is 11.8. The van der Waals surface area contributed by atoms with Gasteiger partial charge in [0.25, 0.3) is 5.91 Å². The van der Waals surface area contributed by atoms with E-state index < -0.39 is 11.7 Å². The van der Waals surface area contributed by atoms with Gasteiger partial charge in [0.1, 0.15) is 0 Å². The Morgan fingerprint density at radius 3 is 2.41 bits per heavy atom. The summed E-state index contributed by atoms with van der Waals surface area (Å²) < 4.78 is 4.94. The van der Waals surface area contributed by atoms with Crippen LogP contribution in [0.5, 0.6) is 0 Å². The van der Waals surface area contributed by atoms with E-state index in [1.807, 2.05) is 0 Å². The highest BCUT2D eigenvalue weighted by Crippen LogP contribution is 2.26. The molecule has 8 nitrogen and oxygen atoms in total. The van der Waals surface area contributed by atoms with Gasteiger partial charge >= 0.3 is 0 Å². The highest BCUT2D eigenvalue weighted by Gasteiger charge is 2.26. The molecule has 0 saturated carbocycles. The summed E-state index contributed by atoms with van der Waals surface area (Å²) in [6.07, 6.45) is 0. The number of carbonyl (C=O) groups excluding carboxylic acids is 2. The third kappa shape index (κ3) is 3.74. The van der Waals surface area contributed by atoms with Crippen molar-refractivity contribution in [1.82, 2.24) is 5.16 Å². The summed E-state index contributed by atoms with van der Waals surface area (Å²) >= 11 is 0. The molecule has 9 heteroatoms. The Labute approximate surface area is 132 Å². The van der Waals surface area contributed by atoms with E-state index in [2.05, 4.69) is 15.5 Å². The summed E-state index contributed by atoms with van der Waals surface area (Å²) in [7, 11) is 3.44. The number of nitrogens with two attached hydrogens (primary N) is 1. The monoisotopic (exact) mass is 323 g/mol. The molecule has 0 saturated heterocycles. The van der Waals surface area contributed by atoms with E-state index in [1.165, 1.54) is 0 Å². The minimum atomic E-state index is -0.839. The zero-order valence-electron chi connectivity index (χ0n) is 11.9. The average Bonchev–Trinajstić information content (AvgIpc) is 2.89. The molecule has 1 heterocycles. The van der Waals surface area contributed by atoms with Crippen LogP contribution in [0.4, 0.5) is 5.69 Å². The fourth-order valence-electron chi connectivity index (χ4n) is 1.56. The van der Waals surface area contributed by atoms with Crippen LogP contribution >= 0.6 is 0 Å². The number of aromatic nitrogens is 1. The summed E-state index contributed by atoms with van der Waals surface area (Å²) in [5.74, 6) is -1.45. The van der Waals surface area contributed by atoms with Crippen LogP contribution < -0.4 is 23.1 Å². The minimum absolute atomic E-state index is 0. The smallest absolute Gasteiger partial charge is 0.273 e. The third-order valence-electron chi connectivity index (χ3n) is 2.49. The number of rotatable bonds is 5. The lowest BCUT2D eigenvalue weighted by Gasteiger charge is -1.98. The maximum Gasteiger partial charge on any atom is 0.273 e. The Morgan fingerprint density at radius 2 is 1.86 bits per heavy atom. The number of quaternary nitrogens is 1. The Morgan fingerprint density at radius 1 is 1.23 bits per heavy atom. The number of benzene rings is 1. The third-order valence-corrected chi connectivity index (χ3v) is 2.49. The topological polar surface area (TPSA) is 115 Å². The molecular weight excluding hydrogens is 310 g/mol. The highest BCUT2D eigenvalue weighted by molar-refractivity contribution is 6.12. The molecule has 2 aromatic rings. The minimum Gasteiger partial charge on any atom is -1.00 e. The second kappa shape index (κ2) is 7.43. The van der Waals surface area contributed by atoms with Crippen molar-refractivity contribution >= 4 is 17.4 Å². The van der Waals surface area contributed by atoms with E-state index in [1.54, 1.807) is 44.4 Å². The van der Waals surface area contributed by atoms with E-state index in [-0.39, 0.29) is 29.5 Å². The first-order valence-electron chi connectivity index (χ1n) is 6.12. The normalized spacial score (nSPS) is 10.7. The lowest BCUT2D eigenvalue weighted by Crippen LogP contribution is -3.00. The first kappa shape index (κ1) is 17.5. The number of hydrogen-bond acceptors (Lipinski definition) is 6. The van der Waals surface area contributed by atoms with Crippen LogP contribution in [0.15, 0.2) is 45.2 Å². The van der Waals surface area contributed by atoms with Crippen LogP contribution in [0.3, 0.4) is 0 Å². The predicted octanol–water partition coefficient (Wildman–Crippen LogP) is -2.85. The van der Waals surface area contributed by atoms with E-state index in [0.717, 1.165) is 0 Å². The molecular formula is C13H14ClN5O3. The Balaban J connectivity index is 0.00000242. The summed E-state index contributed by atoms with van der Waals surface area (Å²) in [4.78, 5) is 23.7. The predicted molar refractivity (Wildman–Crippen MR) is 72.2 cm³/mol. The van der Waals surface area contributed by atoms with Crippen molar-refractivity contribution in [3.8, 4) is 0 Å². The van der Waals surface area contributed by atoms with Gasteiger partial charge in [0.15, 0.2) is 11.4 Å². The van der Waals surface area contributed by atoms with Crippen molar-refractivity contribution in [2.24, 2.45) is 16.1 Å². The van der Waals surface area contributed by atoms with E-state index in [9.17, 15) is 9.59 Å². The average molecular weight is 324 g/mol. The molecule has 0 radical (unpaired) electrons. The van der Waals surface area contributed by atoms with Crippen LogP contribution in [-0.4, -0.2) is 30.9 Å². The summed E-state index contributed by atoms with van der Waals surface area (Å²) in [6, 6.07) is 8.44. The fraction of sp³-hybridized carbons (Fsp3) is 0.154. The van der Waals surface area contributed by atoms with E-state index >= 15 is 0 Å². The maximum absolute atomic E-state index is 12.4. The number of primary amides is 1. The number of ketones is 1. The zero-order chi connectivity index (χ0) is 15.4. The van der Waals surface area contributed by atoms with Crippen molar-refractivity contribution in [2.75, 3.05) is 14.1 Å². The molecule has 0 bridgehead atoms. The molecule has 0 spiro atoms. The standard InChI is InChI=1S/C13H13N5O3.ClH/c1-18(2)17-15-9-10(13(14)20)16-21-12(9)11(19)8-6-4-3-5-7-8;/h3-7H,1-2H3,(H2,14,20);1H. The molecule has 0 fully saturated rings. The van der Waals surface area contributed by atoms with Gasteiger partial charge in [-0.15, -0.1) is 0 Å². The Bertz CT molecular complexity index is 697. The molecule has 3 N–H and O–H groups in total. The van der Waals surface area contributed by atoms with Crippen LogP contribution in [0.2, 0.25) is 0 Å². The van der Waals surface area contributed by atoms with E-state index in [0.29, 0.717) is 10.6 Å². The number of halogens is 1. The molecule has 0 aliphatic rings. The number of carbonyl (C=O) groups is 2. The van der Waals surface area contributed by atoms with E-state index in [4.69, 9.17) is 10.3 Å². The molecule has 1 aromatic heterocycles. The molecule has 0 atom stereocenters. The molecule has 0 aliphatic heterocycles. The second-order valence-corrected chi connectivity index (χ2v) is 4.42. The Kier molecular flexibility index (Phi) is 5.90. The molecule has 0 unspecified atom stereocenters. The van der Waals surface area contributed by atoms with Crippen LogP contribution in [0.25, 0.3) is 0 Å². The fourth-order valence-corrected chi connectivity index (χ4v) is 1.56. The number of nitrogens with one attached hydrogen (secondary N) is 1. The molecule has 1 amide bonds. The first-order valence-corrected chi connectivity index (χ1v) is 6.12. The number of nitrogens with zero attached hydrogens (tertiary/aromatic N) is 3. The lowest BCUT2D eigenvalue weighted by atomic mass is 10.1. The van der Waals surface area contributed by atoms with Crippen LogP contribution in [0, 0.1) is 0 Å². The van der Waals surface area contributed by atoms with Crippen molar-refractivity contribution < 1.29 is 31.5 Å². The number of hydrogen-bond donors (Lipinski definition) is 2. The van der Waals surface area contributed by atoms with Crippen molar-refractivity contribution in [2.45, 2.75) is 0 Å². The van der Waals surface area contributed by atoms with Crippen LogP contribution in [-0.2, 0) is 0 Å². The number of amides is 1. The van der Waals surface area contributed by atoms with Gasteiger partial charge in [-0.05, 0) is 0 Å². The van der Waals surface area contributed by atoms with Crippen molar-refractivity contribution in [3.63, 3.8) is 0 Å². The first-order chi connectivity index (χ1) is 10.0. The van der Waals surface area contributed by atoms with Gasteiger partial charge in [-0.2, -0.15) is 5.01 Å². The van der Waals surface area contributed by atoms with Gasteiger partial charge in [-0.25, -0.2) is 0 Å². The van der Waals surface area contributed by atoms with Crippen molar-refractivity contribution in [3.05, 3.63) is 47.3 Å². The molecule has 116 valence electrons. The second-order valence-electron chi connectivity index (χ2n) is 4.42. The van der Waals surface area contributed by atoms with Crippen LogP contribution in [0.1, 0.15) is 26.6 Å². The molecule has 2 rings (SSSR count). The quantitative estimate of drug-likeness (QED) is 0.350. The zero-order valence-corrected chi connectivity index (χ0v) is 12.7. The highest BCUT2D eigenvalue weighted by atomic mass is 35.5. The molecule has 22 heavy (non-hydrogen) atoms. The molecule has 0 aliphatic carbocycles. The van der Waals surface area contributed by atoms with Gasteiger partial charge in [0.2, 0.25) is 11.5 Å². The van der Waals surface area contributed by atoms with Crippen molar-refractivity contribution in [1.29, 1.82) is 0 Å². The summed E-state index contributed by atoms with van der Waals surface area (Å²) in [6.45, 7) is 0. The van der Waals surface area contributed by atoms with Gasteiger partial charge in [-0.3, -0.25) is 9.59 Å². The van der Waals surface area contributed by atoms with Gasteiger partial charge in [-0.1, -0.05) is 40.6 Å². The van der Waals surface area contributed by atoms with Gasteiger partial charge in [0.05, 0.1) is 14.1 Å². The Hall–Kier alpha value is -2.58.